The number of hydrogen-bond acceptors (Lipinski definition) is 4. The van der Waals surface area contributed by atoms with Crippen molar-refractivity contribution in [1.82, 2.24) is 15.5 Å². The molecule has 0 unspecified atom stereocenters. The van der Waals surface area contributed by atoms with Crippen LogP contribution in [0.1, 0.15) is 62.0 Å². The van der Waals surface area contributed by atoms with E-state index in [0.717, 1.165) is 24.9 Å². The number of aromatic nitrogens is 2. The minimum Gasteiger partial charge on any atom is -0.351 e. The highest BCUT2D eigenvalue weighted by molar-refractivity contribution is 5.92. The Kier molecular flexibility index (Phi) is 6.73. The van der Waals surface area contributed by atoms with E-state index in [0.29, 0.717) is 24.0 Å². The van der Waals surface area contributed by atoms with Crippen LogP contribution in [-0.2, 0) is 0 Å². The summed E-state index contributed by atoms with van der Waals surface area (Å²) in [7, 11) is 0. The van der Waals surface area contributed by atoms with Gasteiger partial charge < -0.3 is 10.6 Å². The quantitative estimate of drug-likeness (QED) is 0.711. The van der Waals surface area contributed by atoms with E-state index in [4.69, 9.17) is 0 Å². The van der Waals surface area contributed by atoms with Gasteiger partial charge in [-0.15, -0.1) is 10.2 Å². The molecule has 0 aliphatic heterocycles. The predicted octanol–water partition coefficient (Wildman–Crippen LogP) is 4.26. The molecule has 0 saturated carbocycles. The second kappa shape index (κ2) is 9.01. The zero-order chi connectivity index (χ0) is 17.4. The number of carbonyl (C=O) groups excluding carboxylic acids is 1. The molecule has 1 heterocycles. The lowest BCUT2D eigenvalue weighted by Gasteiger charge is -2.13. The standard InChI is InChI=1S/C19H26N4O/c1-4-5-8-13-20-19(24)17-11-12-18(23-22-17)21-16-10-7-6-9-15(16)14(2)3/h6-7,9-12,14H,4-5,8,13H2,1-3H3,(H,20,24)(H,21,23). The van der Waals surface area contributed by atoms with Gasteiger partial charge in [-0.1, -0.05) is 51.8 Å². The van der Waals surface area contributed by atoms with Crippen LogP contribution in [0.25, 0.3) is 0 Å². The van der Waals surface area contributed by atoms with Gasteiger partial charge in [0.2, 0.25) is 0 Å². The third-order valence-electron chi connectivity index (χ3n) is 3.81. The van der Waals surface area contributed by atoms with Crippen molar-refractivity contribution in [3.63, 3.8) is 0 Å². The molecule has 2 rings (SSSR count). The molecule has 5 heteroatoms. The molecule has 1 amide bonds. The second-order valence-electron chi connectivity index (χ2n) is 6.13. The summed E-state index contributed by atoms with van der Waals surface area (Å²) >= 11 is 0. The molecule has 1 aromatic heterocycles. The Morgan fingerprint density at radius 2 is 1.88 bits per heavy atom. The van der Waals surface area contributed by atoms with E-state index in [1.807, 2.05) is 18.2 Å². The van der Waals surface area contributed by atoms with Gasteiger partial charge in [0, 0.05) is 12.2 Å². The number of para-hydroxylation sites is 1. The number of nitrogens with zero attached hydrogens (tertiary/aromatic N) is 2. The van der Waals surface area contributed by atoms with Crippen molar-refractivity contribution in [2.24, 2.45) is 0 Å². The van der Waals surface area contributed by atoms with Gasteiger partial charge in [-0.25, -0.2) is 0 Å². The number of hydrogen-bond donors (Lipinski definition) is 2. The third kappa shape index (κ3) is 5.05. The normalized spacial score (nSPS) is 10.7. The van der Waals surface area contributed by atoms with E-state index in [1.54, 1.807) is 12.1 Å². The van der Waals surface area contributed by atoms with Gasteiger partial charge in [0.1, 0.15) is 0 Å². The van der Waals surface area contributed by atoms with Gasteiger partial charge >= 0.3 is 0 Å². The average molecular weight is 326 g/mol. The molecule has 2 aromatic rings. The molecular weight excluding hydrogens is 300 g/mol. The van der Waals surface area contributed by atoms with Gasteiger partial charge in [0.05, 0.1) is 0 Å². The van der Waals surface area contributed by atoms with Gasteiger partial charge in [0.25, 0.3) is 5.91 Å². The lowest BCUT2D eigenvalue weighted by Crippen LogP contribution is -2.25. The number of nitrogens with one attached hydrogen (secondary N) is 2. The van der Waals surface area contributed by atoms with Crippen molar-refractivity contribution in [2.75, 3.05) is 11.9 Å². The summed E-state index contributed by atoms with van der Waals surface area (Å²) in [5.74, 6) is 0.869. The number of anilines is 2. The van der Waals surface area contributed by atoms with E-state index in [1.165, 1.54) is 5.56 Å². The zero-order valence-electron chi connectivity index (χ0n) is 14.7. The Balaban J connectivity index is 1.98. The maximum absolute atomic E-state index is 12.0. The van der Waals surface area contributed by atoms with Gasteiger partial charge in [-0.3, -0.25) is 4.79 Å². The minimum atomic E-state index is -0.173. The molecule has 0 aliphatic rings. The molecule has 24 heavy (non-hydrogen) atoms. The molecular formula is C19H26N4O. The van der Waals surface area contributed by atoms with E-state index in [9.17, 15) is 4.79 Å². The summed E-state index contributed by atoms with van der Waals surface area (Å²) < 4.78 is 0. The number of amides is 1. The largest absolute Gasteiger partial charge is 0.351 e. The SMILES string of the molecule is CCCCCNC(=O)c1ccc(Nc2ccccc2C(C)C)nn1. The minimum absolute atomic E-state index is 0.173. The average Bonchev–Trinajstić information content (AvgIpc) is 2.59. The molecule has 128 valence electrons. The van der Waals surface area contributed by atoms with Crippen LogP contribution in [0.3, 0.4) is 0 Å². The summed E-state index contributed by atoms with van der Waals surface area (Å²) in [6, 6.07) is 11.6. The Labute approximate surface area is 143 Å². The number of rotatable bonds is 8. The molecule has 2 N–H and O–H groups in total. The van der Waals surface area contributed by atoms with Crippen molar-refractivity contribution < 1.29 is 4.79 Å². The second-order valence-corrected chi connectivity index (χ2v) is 6.13. The fourth-order valence-corrected chi connectivity index (χ4v) is 2.44. The van der Waals surface area contributed by atoms with Crippen molar-refractivity contribution >= 4 is 17.4 Å². The number of carbonyl (C=O) groups is 1. The highest BCUT2D eigenvalue weighted by Gasteiger charge is 2.09. The van der Waals surface area contributed by atoms with Crippen LogP contribution in [0.5, 0.6) is 0 Å². The first kappa shape index (κ1) is 17.9. The van der Waals surface area contributed by atoms with Crippen LogP contribution in [0.15, 0.2) is 36.4 Å². The Morgan fingerprint density at radius 3 is 2.54 bits per heavy atom. The van der Waals surface area contributed by atoms with Crippen LogP contribution in [-0.4, -0.2) is 22.6 Å². The van der Waals surface area contributed by atoms with Crippen LogP contribution >= 0.6 is 0 Å². The van der Waals surface area contributed by atoms with Crippen LogP contribution < -0.4 is 10.6 Å². The summed E-state index contributed by atoms with van der Waals surface area (Å²) in [6.07, 6.45) is 3.24. The summed E-state index contributed by atoms with van der Waals surface area (Å²) in [5, 5.41) is 14.3. The fraction of sp³-hybridized carbons (Fsp3) is 0.421. The summed E-state index contributed by atoms with van der Waals surface area (Å²) in [6.45, 7) is 7.11. The van der Waals surface area contributed by atoms with Gasteiger partial charge in [-0.2, -0.15) is 0 Å². The molecule has 0 radical (unpaired) electrons. The fourth-order valence-electron chi connectivity index (χ4n) is 2.44. The topological polar surface area (TPSA) is 66.9 Å². The molecule has 5 nitrogen and oxygen atoms in total. The highest BCUT2D eigenvalue weighted by Crippen LogP contribution is 2.25. The maximum Gasteiger partial charge on any atom is 0.271 e. The lowest BCUT2D eigenvalue weighted by molar-refractivity contribution is 0.0947. The van der Waals surface area contributed by atoms with Crippen LogP contribution in [0.4, 0.5) is 11.5 Å². The molecule has 0 fully saturated rings. The predicted molar refractivity (Wildman–Crippen MR) is 97.7 cm³/mol. The first-order valence-electron chi connectivity index (χ1n) is 8.59. The summed E-state index contributed by atoms with van der Waals surface area (Å²) in [5.41, 5.74) is 2.57. The van der Waals surface area contributed by atoms with Crippen LogP contribution in [0.2, 0.25) is 0 Å². The van der Waals surface area contributed by atoms with Crippen LogP contribution in [0, 0.1) is 0 Å². The molecule has 0 saturated heterocycles. The smallest absolute Gasteiger partial charge is 0.271 e. The molecule has 1 aromatic carbocycles. The lowest BCUT2D eigenvalue weighted by atomic mass is 10.0. The van der Waals surface area contributed by atoms with Gasteiger partial charge in [0.15, 0.2) is 11.5 Å². The Hall–Kier alpha value is -2.43. The van der Waals surface area contributed by atoms with Crippen molar-refractivity contribution in [3.8, 4) is 0 Å². The zero-order valence-corrected chi connectivity index (χ0v) is 14.7. The first-order chi connectivity index (χ1) is 11.6. The molecule has 0 spiro atoms. The molecule has 0 atom stereocenters. The number of unbranched alkanes of at least 4 members (excludes halogenated alkanes) is 2. The Bertz CT molecular complexity index is 653. The Morgan fingerprint density at radius 1 is 1.08 bits per heavy atom. The first-order valence-corrected chi connectivity index (χ1v) is 8.59. The monoisotopic (exact) mass is 326 g/mol. The highest BCUT2D eigenvalue weighted by atomic mass is 16.1. The number of benzene rings is 1. The van der Waals surface area contributed by atoms with E-state index < -0.39 is 0 Å². The summed E-state index contributed by atoms with van der Waals surface area (Å²) in [4.78, 5) is 12.0. The maximum atomic E-state index is 12.0. The van der Waals surface area contributed by atoms with E-state index >= 15 is 0 Å². The van der Waals surface area contributed by atoms with Crippen molar-refractivity contribution in [1.29, 1.82) is 0 Å². The van der Waals surface area contributed by atoms with Crippen molar-refractivity contribution in [2.45, 2.75) is 46.0 Å². The molecule has 0 aliphatic carbocycles. The van der Waals surface area contributed by atoms with Gasteiger partial charge in [-0.05, 0) is 36.1 Å². The third-order valence-corrected chi connectivity index (χ3v) is 3.81. The van der Waals surface area contributed by atoms with E-state index in [-0.39, 0.29) is 5.91 Å². The van der Waals surface area contributed by atoms with E-state index in [2.05, 4.69) is 47.7 Å². The van der Waals surface area contributed by atoms with Crippen molar-refractivity contribution in [3.05, 3.63) is 47.7 Å². The molecule has 0 bridgehead atoms.